The molecule has 2 heterocycles. The molecule has 4 unspecified atom stereocenters. The number of hydrogen-bond acceptors (Lipinski definition) is 3. The SMILES string of the molecule is CCNC(=NCc1ccn(C)c1)NCCCN1C(=O)C2C3C=CC(C3)C2C1=O.I. The zero-order valence-corrected chi connectivity index (χ0v) is 19.3. The molecule has 1 aromatic rings. The Bertz CT molecular complexity index is 788. The normalized spacial score (nSPS) is 27.4. The molecule has 29 heavy (non-hydrogen) atoms. The highest BCUT2D eigenvalue weighted by molar-refractivity contribution is 14.0. The van der Waals surface area contributed by atoms with E-state index in [1.807, 2.05) is 24.7 Å². The van der Waals surface area contributed by atoms with Gasteiger partial charge in [0.1, 0.15) is 0 Å². The summed E-state index contributed by atoms with van der Waals surface area (Å²) in [7, 11) is 1.99. The molecule has 2 aliphatic carbocycles. The molecular weight excluding hydrogens is 481 g/mol. The zero-order valence-electron chi connectivity index (χ0n) is 17.0. The maximum Gasteiger partial charge on any atom is 0.233 e. The van der Waals surface area contributed by atoms with Crippen LogP contribution in [0.3, 0.4) is 0 Å². The number of aromatic nitrogens is 1. The van der Waals surface area contributed by atoms with E-state index in [0.29, 0.717) is 19.6 Å². The number of likely N-dealkylation sites (tertiary alicyclic amines) is 1. The number of aryl methyl sites for hydroxylation is 1. The van der Waals surface area contributed by atoms with Crippen LogP contribution < -0.4 is 10.6 Å². The van der Waals surface area contributed by atoms with Crippen molar-refractivity contribution in [3.63, 3.8) is 0 Å². The maximum absolute atomic E-state index is 12.7. The van der Waals surface area contributed by atoms with Crippen molar-refractivity contribution in [3.8, 4) is 0 Å². The third-order valence-corrected chi connectivity index (χ3v) is 6.07. The summed E-state index contributed by atoms with van der Waals surface area (Å²) in [6, 6.07) is 2.05. The monoisotopic (exact) mass is 511 g/mol. The van der Waals surface area contributed by atoms with Gasteiger partial charge in [0.2, 0.25) is 11.8 Å². The third-order valence-electron chi connectivity index (χ3n) is 6.07. The molecule has 0 aromatic carbocycles. The van der Waals surface area contributed by atoms with Crippen molar-refractivity contribution >= 4 is 41.8 Å². The van der Waals surface area contributed by atoms with E-state index >= 15 is 0 Å². The molecule has 8 heteroatoms. The molecule has 2 fully saturated rings. The summed E-state index contributed by atoms with van der Waals surface area (Å²) in [5, 5.41) is 6.54. The average Bonchev–Trinajstić information content (AvgIpc) is 3.43. The molecule has 0 spiro atoms. The van der Waals surface area contributed by atoms with Crippen molar-refractivity contribution in [1.29, 1.82) is 0 Å². The summed E-state index contributed by atoms with van der Waals surface area (Å²) in [6.45, 7) is 4.57. The van der Waals surface area contributed by atoms with Gasteiger partial charge in [-0.1, -0.05) is 12.2 Å². The Morgan fingerprint density at radius 1 is 1.17 bits per heavy atom. The highest BCUT2D eigenvalue weighted by Crippen LogP contribution is 2.52. The Morgan fingerprint density at radius 2 is 1.86 bits per heavy atom. The third kappa shape index (κ3) is 4.36. The van der Waals surface area contributed by atoms with Gasteiger partial charge in [-0.2, -0.15) is 0 Å². The van der Waals surface area contributed by atoms with Gasteiger partial charge < -0.3 is 15.2 Å². The van der Waals surface area contributed by atoms with Crippen LogP contribution in [0.25, 0.3) is 0 Å². The quantitative estimate of drug-likeness (QED) is 0.146. The van der Waals surface area contributed by atoms with Crippen molar-refractivity contribution < 1.29 is 9.59 Å². The fraction of sp³-hybridized carbons (Fsp3) is 0.571. The molecule has 158 valence electrons. The number of halogens is 1. The lowest BCUT2D eigenvalue weighted by molar-refractivity contribution is -0.140. The van der Waals surface area contributed by atoms with Gasteiger partial charge in [0.05, 0.1) is 18.4 Å². The van der Waals surface area contributed by atoms with E-state index < -0.39 is 0 Å². The standard InChI is InChI=1S/C21H29N5O2.HI/c1-3-22-21(24-12-14-7-10-25(2)13-14)23-8-4-9-26-19(27)17-15-5-6-16(11-15)18(17)20(26)28;/h5-7,10,13,15-18H,3-4,8-9,11-12H2,1-2H3,(H2,22,23,24);1H. The van der Waals surface area contributed by atoms with Crippen LogP contribution in [0.2, 0.25) is 0 Å². The molecule has 1 saturated carbocycles. The van der Waals surface area contributed by atoms with Crippen molar-refractivity contribution in [2.45, 2.75) is 26.3 Å². The van der Waals surface area contributed by atoms with Gasteiger partial charge in [-0.05, 0) is 43.2 Å². The van der Waals surface area contributed by atoms with E-state index in [1.165, 1.54) is 4.90 Å². The fourth-order valence-corrected chi connectivity index (χ4v) is 4.79. The van der Waals surface area contributed by atoms with Gasteiger partial charge in [-0.15, -0.1) is 24.0 Å². The van der Waals surface area contributed by atoms with Crippen LogP contribution in [0.15, 0.2) is 35.6 Å². The summed E-state index contributed by atoms with van der Waals surface area (Å²) in [5.41, 5.74) is 1.16. The van der Waals surface area contributed by atoms with Crippen LogP contribution in [0.1, 0.15) is 25.3 Å². The second-order valence-corrected chi connectivity index (χ2v) is 7.99. The van der Waals surface area contributed by atoms with E-state index in [4.69, 9.17) is 0 Å². The van der Waals surface area contributed by atoms with Gasteiger partial charge >= 0.3 is 0 Å². The van der Waals surface area contributed by atoms with Crippen molar-refractivity contribution in [2.75, 3.05) is 19.6 Å². The molecule has 1 saturated heterocycles. The lowest BCUT2D eigenvalue weighted by Crippen LogP contribution is -2.40. The van der Waals surface area contributed by atoms with E-state index in [0.717, 1.165) is 30.9 Å². The Labute approximate surface area is 189 Å². The summed E-state index contributed by atoms with van der Waals surface area (Å²) >= 11 is 0. The predicted molar refractivity (Wildman–Crippen MR) is 123 cm³/mol. The molecule has 0 radical (unpaired) electrons. The maximum atomic E-state index is 12.7. The molecule has 1 aromatic heterocycles. The second-order valence-electron chi connectivity index (χ2n) is 7.99. The molecule has 1 aliphatic heterocycles. The van der Waals surface area contributed by atoms with Gasteiger partial charge in [0, 0.05) is 39.1 Å². The molecule has 4 rings (SSSR count). The number of nitrogens with zero attached hydrogens (tertiary/aromatic N) is 3. The number of aliphatic imine (C=N–C) groups is 1. The first-order valence-corrected chi connectivity index (χ1v) is 10.2. The molecule has 7 nitrogen and oxygen atoms in total. The summed E-state index contributed by atoms with van der Waals surface area (Å²) in [6.07, 6.45) is 10.0. The smallest absolute Gasteiger partial charge is 0.233 e. The summed E-state index contributed by atoms with van der Waals surface area (Å²) in [5.74, 6) is 1.19. The Kier molecular flexibility index (Phi) is 7.02. The molecule has 2 N–H and O–H groups in total. The predicted octanol–water partition coefficient (Wildman–Crippen LogP) is 1.90. The number of guanidine groups is 1. The topological polar surface area (TPSA) is 78.7 Å². The van der Waals surface area contributed by atoms with E-state index in [9.17, 15) is 9.59 Å². The minimum absolute atomic E-state index is 0. The number of nitrogens with one attached hydrogen (secondary N) is 2. The van der Waals surface area contributed by atoms with Crippen LogP contribution >= 0.6 is 24.0 Å². The lowest BCUT2D eigenvalue weighted by Gasteiger charge is -2.18. The first-order chi connectivity index (χ1) is 13.6. The van der Waals surface area contributed by atoms with E-state index in [1.54, 1.807) is 0 Å². The highest BCUT2D eigenvalue weighted by atomic mass is 127. The first kappa shape index (κ1) is 21.9. The number of rotatable bonds is 7. The van der Waals surface area contributed by atoms with Crippen molar-refractivity contribution in [3.05, 3.63) is 36.2 Å². The van der Waals surface area contributed by atoms with Crippen LogP contribution in [0, 0.1) is 23.7 Å². The first-order valence-electron chi connectivity index (χ1n) is 10.2. The number of hydrogen-bond donors (Lipinski definition) is 2. The number of carbonyl (C=O) groups is 2. The van der Waals surface area contributed by atoms with E-state index in [2.05, 4.69) is 40.0 Å². The van der Waals surface area contributed by atoms with Crippen LogP contribution in [-0.2, 0) is 23.2 Å². The molecule has 2 amide bonds. The average molecular weight is 511 g/mol. The Balaban J connectivity index is 0.00000240. The van der Waals surface area contributed by atoms with Crippen molar-refractivity contribution in [2.24, 2.45) is 35.7 Å². The van der Waals surface area contributed by atoms with Gasteiger partial charge in [-0.3, -0.25) is 14.5 Å². The Morgan fingerprint density at radius 3 is 2.45 bits per heavy atom. The Hall–Kier alpha value is -1.84. The molecule has 3 aliphatic rings. The van der Waals surface area contributed by atoms with E-state index in [-0.39, 0.29) is 59.5 Å². The summed E-state index contributed by atoms with van der Waals surface area (Å²) < 4.78 is 2.01. The molecule has 2 bridgehead atoms. The van der Waals surface area contributed by atoms with Gasteiger partial charge in [-0.25, -0.2) is 4.99 Å². The zero-order chi connectivity index (χ0) is 19.7. The summed E-state index contributed by atoms with van der Waals surface area (Å²) in [4.78, 5) is 31.5. The fourth-order valence-electron chi connectivity index (χ4n) is 4.79. The number of allylic oxidation sites excluding steroid dienone is 2. The number of carbonyl (C=O) groups excluding carboxylic acids is 2. The second kappa shape index (κ2) is 9.32. The van der Waals surface area contributed by atoms with Gasteiger partial charge in [0.25, 0.3) is 0 Å². The van der Waals surface area contributed by atoms with Crippen molar-refractivity contribution in [1.82, 2.24) is 20.1 Å². The molecular formula is C21H30IN5O2. The lowest BCUT2D eigenvalue weighted by atomic mass is 9.85. The van der Waals surface area contributed by atoms with Crippen LogP contribution in [-0.4, -0.2) is 46.9 Å². The largest absolute Gasteiger partial charge is 0.357 e. The van der Waals surface area contributed by atoms with Crippen LogP contribution in [0.4, 0.5) is 0 Å². The minimum atomic E-state index is -0.0970. The number of fused-ring (bicyclic) bond motifs is 5. The van der Waals surface area contributed by atoms with Gasteiger partial charge in [0.15, 0.2) is 5.96 Å². The number of imide groups is 1. The number of amides is 2. The highest BCUT2D eigenvalue weighted by Gasteiger charge is 2.58. The van der Waals surface area contributed by atoms with Crippen LogP contribution in [0.5, 0.6) is 0 Å². The molecule has 4 atom stereocenters. The minimum Gasteiger partial charge on any atom is -0.357 e.